The maximum Gasteiger partial charge on any atom is 0.348 e. The Hall–Kier alpha value is -4.32. The Balaban J connectivity index is 1.32. The summed E-state index contributed by atoms with van der Waals surface area (Å²) in [5.41, 5.74) is 8.08. The first-order valence-corrected chi connectivity index (χ1v) is 12.1. The molecule has 36 heavy (non-hydrogen) atoms. The maximum absolute atomic E-state index is 13.5. The molecule has 3 heterocycles. The molecule has 1 aliphatic heterocycles. The highest BCUT2D eigenvalue weighted by Crippen LogP contribution is 2.52. The van der Waals surface area contributed by atoms with Gasteiger partial charge < -0.3 is 0 Å². The van der Waals surface area contributed by atoms with Gasteiger partial charge in [0.05, 0.1) is 0 Å². The molecule has 5 nitrogen and oxygen atoms in total. The normalized spacial score (nSPS) is 15.1. The molecule has 0 radical (unpaired) electrons. The summed E-state index contributed by atoms with van der Waals surface area (Å²) in [6, 6.07) is 20.3. The van der Waals surface area contributed by atoms with E-state index in [4.69, 9.17) is 0 Å². The van der Waals surface area contributed by atoms with E-state index >= 15 is 0 Å². The minimum atomic E-state index is -0.538. The molecule has 0 saturated heterocycles. The molecule has 176 valence electrons. The number of hydrogen-bond donors (Lipinski definition) is 0. The molecule has 6 heteroatoms. The SMILES string of the molecule is CCC1(CC)c2ccccc2-c2ccc(/C=C/c3ccnc(C4=Nc5cc(F)cnc5[N+]4=O)c3)cc21. The van der Waals surface area contributed by atoms with Crippen molar-refractivity contribution in [3.63, 3.8) is 0 Å². The van der Waals surface area contributed by atoms with Crippen molar-refractivity contribution in [3.05, 3.63) is 112 Å². The van der Waals surface area contributed by atoms with E-state index < -0.39 is 5.82 Å². The molecule has 0 N–H and O–H groups in total. The first kappa shape index (κ1) is 22.2. The Kier molecular flexibility index (Phi) is 5.18. The summed E-state index contributed by atoms with van der Waals surface area (Å²) >= 11 is 0. The molecule has 2 aliphatic rings. The predicted molar refractivity (Wildman–Crippen MR) is 140 cm³/mol. The monoisotopic (exact) mass is 475 g/mol. The van der Waals surface area contributed by atoms with Gasteiger partial charge in [0.25, 0.3) is 0 Å². The van der Waals surface area contributed by atoms with Gasteiger partial charge in [0.15, 0.2) is 5.82 Å². The van der Waals surface area contributed by atoms with Crippen LogP contribution in [-0.2, 0) is 5.41 Å². The van der Waals surface area contributed by atoms with Crippen LogP contribution in [0, 0.1) is 10.7 Å². The lowest BCUT2D eigenvalue weighted by Gasteiger charge is -2.29. The van der Waals surface area contributed by atoms with E-state index in [9.17, 15) is 9.30 Å². The average molecular weight is 476 g/mol. The Morgan fingerprint density at radius 3 is 2.44 bits per heavy atom. The van der Waals surface area contributed by atoms with Crippen molar-refractivity contribution < 1.29 is 9.15 Å². The number of pyridine rings is 2. The fourth-order valence-electron chi connectivity index (χ4n) is 5.54. The highest BCUT2D eigenvalue weighted by molar-refractivity contribution is 5.97. The molecule has 0 unspecified atom stereocenters. The lowest BCUT2D eigenvalue weighted by atomic mass is 9.73. The highest BCUT2D eigenvalue weighted by atomic mass is 19.1. The van der Waals surface area contributed by atoms with Crippen molar-refractivity contribution in [2.75, 3.05) is 0 Å². The topological polar surface area (TPSA) is 58.2 Å². The zero-order chi connectivity index (χ0) is 24.9. The predicted octanol–water partition coefficient (Wildman–Crippen LogP) is 7.37. The van der Waals surface area contributed by atoms with E-state index in [1.54, 1.807) is 12.3 Å². The molecule has 2 aromatic carbocycles. The summed E-state index contributed by atoms with van der Waals surface area (Å²) in [6.07, 6.45) is 8.82. The van der Waals surface area contributed by atoms with Crippen LogP contribution >= 0.6 is 0 Å². The summed E-state index contributed by atoms with van der Waals surface area (Å²) in [4.78, 5) is 25.1. The van der Waals surface area contributed by atoms with Crippen LogP contribution in [0.15, 0.2) is 78.0 Å². The number of nitrogens with zero attached hydrogens (tertiary/aromatic N) is 4. The van der Waals surface area contributed by atoms with Crippen LogP contribution in [0.5, 0.6) is 0 Å². The zero-order valence-electron chi connectivity index (χ0n) is 20.1. The Morgan fingerprint density at radius 2 is 1.64 bits per heavy atom. The second-order valence-electron chi connectivity index (χ2n) is 9.17. The first-order chi connectivity index (χ1) is 17.5. The van der Waals surface area contributed by atoms with Crippen LogP contribution in [-0.4, -0.2) is 20.6 Å². The van der Waals surface area contributed by atoms with E-state index in [0.717, 1.165) is 30.2 Å². The molecule has 4 aromatic rings. The van der Waals surface area contributed by atoms with E-state index in [1.165, 1.54) is 28.3 Å². The number of amidine groups is 1. The summed E-state index contributed by atoms with van der Waals surface area (Å²) in [6.45, 7) is 4.53. The molecular weight excluding hydrogens is 451 g/mol. The molecule has 0 spiro atoms. The standard InChI is InChI=1S/C30H24FN4O/c1-3-30(4-2)24-8-6-5-7-22(24)23-12-11-19(15-25(23)30)9-10-20-13-14-32-26(16-20)29-34-27-17-21(31)18-33-28(27)35(29)36/h5-18H,3-4H2,1-2H3/q+1/b10-9+. The third-order valence-electron chi connectivity index (χ3n) is 7.41. The van der Waals surface area contributed by atoms with Crippen molar-refractivity contribution in [3.8, 4) is 11.1 Å². The van der Waals surface area contributed by atoms with E-state index in [-0.39, 0.29) is 22.8 Å². The summed E-state index contributed by atoms with van der Waals surface area (Å²) in [5.74, 6) is -0.364. The fourth-order valence-corrected chi connectivity index (χ4v) is 5.54. The third-order valence-corrected chi connectivity index (χ3v) is 7.41. The Morgan fingerprint density at radius 1 is 0.889 bits per heavy atom. The van der Waals surface area contributed by atoms with Gasteiger partial charge in [0.1, 0.15) is 11.9 Å². The van der Waals surface area contributed by atoms with Gasteiger partial charge in [0.2, 0.25) is 5.69 Å². The quantitative estimate of drug-likeness (QED) is 0.283. The summed E-state index contributed by atoms with van der Waals surface area (Å²) in [7, 11) is 0. The minimum absolute atomic E-state index is 0.0281. The number of rotatable bonds is 5. The van der Waals surface area contributed by atoms with E-state index in [1.807, 2.05) is 12.1 Å². The first-order valence-electron chi connectivity index (χ1n) is 12.1. The second-order valence-corrected chi connectivity index (χ2v) is 9.17. The lowest BCUT2D eigenvalue weighted by molar-refractivity contribution is -0.329. The molecule has 0 fully saturated rings. The number of benzene rings is 2. The Bertz CT molecular complexity index is 1600. The number of aliphatic imine (C=N–C) groups is 1. The van der Waals surface area contributed by atoms with Crippen LogP contribution in [0.25, 0.3) is 23.3 Å². The van der Waals surface area contributed by atoms with Crippen LogP contribution in [0.1, 0.15) is 54.6 Å². The van der Waals surface area contributed by atoms with Crippen LogP contribution in [0.3, 0.4) is 0 Å². The largest absolute Gasteiger partial charge is 0.348 e. The molecule has 0 saturated carbocycles. The molecule has 1 aliphatic carbocycles. The van der Waals surface area contributed by atoms with Crippen molar-refractivity contribution in [1.29, 1.82) is 0 Å². The van der Waals surface area contributed by atoms with Gasteiger partial charge >= 0.3 is 11.7 Å². The van der Waals surface area contributed by atoms with E-state index in [0.29, 0.717) is 10.5 Å². The molecule has 0 amide bonds. The molecule has 0 bridgehead atoms. The third kappa shape index (κ3) is 3.33. The summed E-state index contributed by atoms with van der Waals surface area (Å²) in [5, 5.41) is 0. The minimum Gasteiger partial charge on any atom is -0.250 e. The molecule has 2 aromatic heterocycles. The van der Waals surface area contributed by atoms with Gasteiger partial charge in [-0.2, -0.15) is 0 Å². The van der Waals surface area contributed by atoms with Crippen molar-refractivity contribution in [1.82, 2.24) is 9.97 Å². The zero-order valence-corrected chi connectivity index (χ0v) is 20.1. The molecule has 0 atom stereocenters. The fraction of sp³-hybridized carbons (Fsp3) is 0.167. The number of halogens is 1. The van der Waals surface area contributed by atoms with Crippen LogP contribution in [0.4, 0.5) is 15.9 Å². The van der Waals surface area contributed by atoms with Gasteiger partial charge in [-0.05, 0) is 58.4 Å². The van der Waals surface area contributed by atoms with Crippen LogP contribution < -0.4 is 0 Å². The van der Waals surface area contributed by atoms with Gasteiger partial charge in [-0.25, -0.2) is 9.37 Å². The van der Waals surface area contributed by atoms with Gasteiger partial charge in [-0.3, -0.25) is 0 Å². The number of hydrogen-bond acceptors (Lipinski definition) is 4. The average Bonchev–Trinajstić information content (AvgIpc) is 3.39. The van der Waals surface area contributed by atoms with Gasteiger partial charge in [-0.15, -0.1) is 4.98 Å². The highest BCUT2D eigenvalue weighted by Gasteiger charge is 2.40. The van der Waals surface area contributed by atoms with Crippen molar-refractivity contribution in [2.45, 2.75) is 32.1 Å². The molecular formula is C30H24FN4O+. The molecule has 6 rings (SSSR count). The van der Waals surface area contributed by atoms with Gasteiger partial charge in [0, 0.05) is 22.4 Å². The van der Waals surface area contributed by atoms with E-state index in [2.05, 4.69) is 77.3 Å². The van der Waals surface area contributed by atoms with Gasteiger partial charge in [-0.1, -0.05) is 78.4 Å². The van der Waals surface area contributed by atoms with Crippen molar-refractivity contribution in [2.24, 2.45) is 4.99 Å². The lowest BCUT2D eigenvalue weighted by Crippen LogP contribution is -2.23. The Labute approximate surface area is 208 Å². The second kappa shape index (κ2) is 8.41. The number of aromatic nitrogens is 2. The van der Waals surface area contributed by atoms with Crippen molar-refractivity contribution >= 4 is 29.5 Å². The number of fused-ring (bicyclic) bond motifs is 4. The maximum atomic E-state index is 13.5. The smallest absolute Gasteiger partial charge is 0.250 e. The van der Waals surface area contributed by atoms with Crippen LogP contribution in [0.2, 0.25) is 0 Å². The number of nitroso groups, excluding NO2 is 1. The summed E-state index contributed by atoms with van der Waals surface area (Å²) < 4.78 is 14.1.